The maximum Gasteiger partial charge on any atom is 0.308 e. The van der Waals surface area contributed by atoms with Crippen molar-refractivity contribution in [2.45, 2.75) is 19.4 Å². The molecule has 9 heteroatoms. The average Bonchev–Trinajstić information content (AvgIpc) is 2.56. The van der Waals surface area contributed by atoms with Crippen LogP contribution in [0.4, 0.5) is 0 Å². The molecule has 1 heterocycles. The van der Waals surface area contributed by atoms with Crippen LogP contribution in [-0.4, -0.2) is 55.0 Å². The summed E-state index contributed by atoms with van der Waals surface area (Å²) in [6, 6.07) is 3.73. The molecule has 1 N–H and O–H groups in total. The van der Waals surface area contributed by atoms with Crippen molar-refractivity contribution >= 4 is 41.0 Å². The highest BCUT2D eigenvalue weighted by Crippen LogP contribution is 2.27. The summed E-state index contributed by atoms with van der Waals surface area (Å²) < 4.78 is 10.3. The third-order valence-electron chi connectivity index (χ3n) is 3.56. The number of carbonyl (C=O) groups excluding carboxylic acids is 3. The minimum atomic E-state index is -0.912. The predicted molar refractivity (Wildman–Crippen MR) is 91.7 cm³/mol. The zero-order valence-electron chi connectivity index (χ0n) is 13.6. The maximum atomic E-state index is 12.4. The van der Waals surface area contributed by atoms with Crippen LogP contribution in [0.2, 0.25) is 10.0 Å². The van der Waals surface area contributed by atoms with Crippen molar-refractivity contribution in [2.24, 2.45) is 0 Å². The Bertz CT molecular complexity index is 668. The summed E-state index contributed by atoms with van der Waals surface area (Å²) in [7, 11) is 0. The summed E-state index contributed by atoms with van der Waals surface area (Å²) in [5.41, 5.74) is 0. The van der Waals surface area contributed by atoms with Crippen LogP contribution in [-0.2, 0) is 19.1 Å². The van der Waals surface area contributed by atoms with E-state index in [9.17, 15) is 14.4 Å². The SMILES string of the molecule is CCOC(=O)C[C@@H]1C(=O)NCCN1C(=O)COc1ccc(Cl)cc1Cl. The lowest BCUT2D eigenvalue weighted by atomic mass is 10.1. The largest absolute Gasteiger partial charge is 0.482 e. The van der Waals surface area contributed by atoms with Crippen molar-refractivity contribution in [1.82, 2.24) is 10.2 Å². The van der Waals surface area contributed by atoms with E-state index < -0.39 is 23.8 Å². The molecule has 0 aromatic heterocycles. The molecule has 0 radical (unpaired) electrons. The molecule has 2 rings (SSSR count). The average molecular weight is 389 g/mol. The normalized spacial score (nSPS) is 17.0. The molecule has 1 saturated heterocycles. The predicted octanol–water partition coefficient (Wildman–Crippen LogP) is 1.65. The van der Waals surface area contributed by atoms with E-state index in [1.165, 1.54) is 11.0 Å². The van der Waals surface area contributed by atoms with Gasteiger partial charge < -0.3 is 19.7 Å². The van der Waals surface area contributed by atoms with Gasteiger partial charge in [-0.1, -0.05) is 23.2 Å². The summed E-state index contributed by atoms with van der Waals surface area (Å²) in [5.74, 6) is -1.04. The topological polar surface area (TPSA) is 84.9 Å². The summed E-state index contributed by atoms with van der Waals surface area (Å²) in [6.07, 6.45) is -0.201. The molecule has 1 aromatic rings. The highest BCUT2D eigenvalue weighted by atomic mass is 35.5. The van der Waals surface area contributed by atoms with Gasteiger partial charge in [0.2, 0.25) is 5.91 Å². The van der Waals surface area contributed by atoms with Gasteiger partial charge in [0.15, 0.2) is 6.61 Å². The second-order valence-corrected chi connectivity index (χ2v) is 6.11. The quantitative estimate of drug-likeness (QED) is 0.748. The van der Waals surface area contributed by atoms with Gasteiger partial charge in [0.1, 0.15) is 11.8 Å². The molecule has 2 amide bonds. The van der Waals surface area contributed by atoms with Crippen LogP contribution in [0.1, 0.15) is 13.3 Å². The summed E-state index contributed by atoms with van der Waals surface area (Å²) in [4.78, 5) is 37.5. The highest BCUT2D eigenvalue weighted by Gasteiger charge is 2.35. The highest BCUT2D eigenvalue weighted by molar-refractivity contribution is 6.35. The van der Waals surface area contributed by atoms with Gasteiger partial charge in [-0.2, -0.15) is 0 Å². The van der Waals surface area contributed by atoms with Crippen molar-refractivity contribution in [3.05, 3.63) is 28.2 Å². The van der Waals surface area contributed by atoms with Crippen LogP contribution >= 0.6 is 23.2 Å². The Kier molecular flexibility index (Phi) is 6.90. The van der Waals surface area contributed by atoms with Gasteiger partial charge in [-0.25, -0.2) is 0 Å². The third-order valence-corrected chi connectivity index (χ3v) is 4.09. The number of amides is 2. The number of esters is 1. The molecule has 1 fully saturated rings. The molecule has 1 aliphatic heterocycles. The van der Waals surface area contributed by atoms with Crippen LogP contribution in [0.15, 0.2) is 18.2 Å². The third kappa shape index (κ3) is 5.24. The molecule has 0 aliphatic carbocycles. The van der Waals surface area contributed by atoms with Crippen molar-refractivity contribution in [3.8, 4) is 5.75 Å². The fourth-order valence-corrected chi connectivity index (χ4v) is 2.87. The molecule has 0 bridgehead atoms. The van der Waals surface area contributed by atoms with Crippen molar-refractivity contribution < 1.29 is 23.9 Å². The minimum absolute atomic E-state index is 0.201. The standard InChI is InChI=1S/C16H18Cl2N2O5/c1-2-24-15(22)8-12-16(23)19-5-6-20(12)14(21)9-25-13-4-3-10(17)7-11(13)18/h3-4,7,12H,2,5-6,8-9H2,1H3,(H,19,23)/t12-/m1/s1. The van der Waals surface area contributed by atoms with E-state index in [2.05, 4.69) is 5.32 Å². The Morgan fingerprint density at radius 1 is 1.36 bits per heavy atom. The van der Waals surface area contributed by atoms with Crippen LogP contribution in [0.3, 0.4) is 0 Å². The first-order chi connectivity index (χ1) is 11.9. The van der Waals surface area contributed by atoms with E-state index >= 15 is 0 Å². The van der Waals surface area contributed by atoms with E-state index in [-0.39, 0.29) is 31.2 Å². The molecule has 1 aromatic carbocycles. The summed E-state index contributed by atoms with van der Waals surface area (Å²) >= 11 is 11.8. The Hall–Kier alpha value is -1.99. The van der Waals surface area contributed by atoms with Gasteiger partial charge in [0.05, 0.1) is 18.1 Å². The molecule has 1 atom stereocenters. The molecule has 1 aliphatic rings. The monoisotopic (exact) mass is 388 g/mol. The van der Waals surface area contributed by atoms with Crippen LogP contribution in [0.25, 0.3) is 0 Å². The number of benzene rings is 1. The fourth-order valence-electron chi connectivity index (χ4n) is 2.41. The van der Waals surface area contributed by atoms with Crippen LogP contribution < -0.4 is 10.1 Å². The Morgan fingerprint density at radius 3 is 2.80 bits per heavy atom. The summed E-state index contributed by atoms with van der Waals surface area (Å²) in [5, 5.41) is 3.36. The van der Waals surface area contributed by atoms with E-state index in [1.54, 1.807) is 19.1 Å². The maximum absolute atomic E-state index is 12.4. The zero-order valence-corrected chi connectivity index (χ0v) is 15.1. The van der Waals surface area contributed by atoms with Gasteiger partial charge in [-0.05, 0) is 25.1 Å². The molecule has 136 valence electrons. The van der Waals surface area contributed by atoms with Gasteiger partial charge >= 0.3 is 5.97 Å². The van der Waals surface area contributed by atoms with Gasteiger partial charge in [0, 0.05) is 18.1 Å². The van der Waals surface area contributed by atoms with Crippen LogP contribution in [0, 0.1) is 0 Å². The Morgan fingerprint density at radius 2 is 2.12 bits per heavy atom. The number of ether oxygens (including phenoxy) is 2. The Labute approximate surface area is 155 Å². The van der Waals surface area contributed by atoms with E-state index in [4.69, 9.17) is 32.7 Å². The van der Waals surface area contributed by atoms with E-state index in [0.717, 1.165) is 0 Å². The first-order valence-corrected chi connectivity index (χ1v) is 8.48. The zero-order chi connectivity index (χ0) is 18.4. The van der Waals surface area contributed by atoms with Crippen LogP contribution in [0.5, 0.6) is 5.75 Å². The van der Waals surface area contributed by atoms with E-state index in [0.29, 0.717) is 17.3 Å². The molecule has 0 saturated carbocycles. The van der Waals surface area contributed by atoms with Gasteiger partial charge in [0.25, 0.3) is 5.91 Å². The number of halogens is 2. The number of hydrogen-bond donors (Lipinski definition) is 1. The molecular formula is C16H18Cl2N2O5. The van der Waals surface area contributed by atoms with Crippen molar-refractivity contribution in [2.75, 3.05) is 26.3 Å². The number of hydrogen-bond acceptors (Lipinski definition) is 5. The van der Waals surface area contributed by atoms with Gasteiger partial charge in [-0.3, -0.25) is 14.4 Å². The molecule has 0 unspecified atom stereocenters. The lowest BCUT2D eigenvalue weighted by Gasteiger charge is -2.34. The van der Waals surface area contributed by atoms with Crippen molar-refractivity contribution in [1.29, 1.82) is 0 Å². The number of nitrogens with one attached hydrogen (secondary N) is 1. The smallest absolute Gasteiger partial charge is 0.308 e. The number of rotatable bonds is 6. The second-order valence-electron chi connectivity index (χ2n) is 5.27. The van der Waals surface area contributed by atoms with Gasteiger partial charge in [-0.15, -0.1) is 0 Å². The second kappa shape index (κ2) is 8.92. The van der Waals surface area contributed by atoms with Crippen molar-refractivity contribution in [3.63, 3.8) is 0 Å². The number of carbonyl (C=O) groups is 3. The molecule has 7 nitrogen and oxygen atoms in total. The first-order valence-electron chi connectivity index (χ1n) is 7.73. The molecule has 25 heavy (non-hydrogen) atoms. The van der Waals surface area contributed by atoms with E-state index in [1.807, 2.05) is 0 Å². The summed E-state index contributed by atoms with van der Waals surface area (Å²) in [6.45, 7) is 2.16. The molecular weight excluding hydrogens is 371 g/mol. The number of piperazine rings is 1. The first kappa shape index (κ1) is 19.3. The number of nitrogens with zero attached hydrogens (tertiary/aromatic N) is 1. The lowest BCUT2D eigenvalue weighted by Crippen LogP contribution is -2.58. The lowest BCUT2D eigenvalue weighted by molar-refractivity contribution is -0.152. The Balaban J connectivity index is 2.01. The fraction of sp³-hybridized carbons (Fsp3) is 0.438. The minimum Gasteiger partial charge on any atom is -0.482 e. The molecule has 0 spiro atoms.